The average Bonchev–Trinajstić information content (AvgIpc) is 3.62. The number of hydrogen-bond donors (Lipinski definition) is 6. The first-order valence-electron chi connectivity index (χ1n) is 11.2. The summed E-state index contributed by atoms with van der Waals surface area (Å²) in [5.41, 5.74) is 4.79. The van der Waals surface area contributed by atoms with E-state index in [0.29, 0.717) is 17.1 Å². The van der Waals surface area contributed by atoms with Gasteiger partial charge in [-0.15, -0.1) is 25.3 Å². The lowest BCUT2D eigenvalue weighted by Crippen LogP contribution is -2.03. The molecular weight excluding hydrogens is 486 g/mol. The monoisotopic (exact) mass is 507 g/mol. The van der Waals surface area contributed by atoms with Gasteiger partial charge in [0.1, 0.15) is 23.8 Å². The van der Waals surface area contributed by atoms with Crippen LogP contribution in [0.15, 0.2) is 107 Å². The molecule has 0 bridgehead atoms. The predicted octanol–water partition coefficient (Wildman–Crippen LogP) is 6.50. The third-order valence-corrected chi connectivity index (χ3v) is 6.35. The van der Waals surface area contributed by atoms with E-state index in [2.05, 4.69) is 61.6 Å². The molecular formula is C27H21N7S2. The van der Waals surface area contributed by atoms with Gasteiger partial charge in [0.25, 0.3) is 0 Å². The number of aromatic nitrogens is 5. The van der Waals surface area contributed by atoms with Crippen molar-refractivity contribution in [1.82, 2.24) is 24.9 Å². The molecule has 4 aromatic heterocycles. The van der Waals surface area contributed by atoms with Crippen molar-refractivity contribution in [3.8, 4) is 22.3 Å². The van der Waals surface area contributed by atoms with Crippen LogP contribution in [0.25, 0.3) is 33.0 Å². The van der Waals surface area contributed by atoms with Crippen molar-refractivity contribution in [1.29, 1.82) is 0 Å². The second kappa shape index (κ2) is 9.44. The van der Waals surface area contributed by atoms with E-state index in [1.54, 1.807) is 0 Å². The van der Waals surface area contributed by atoms with Crippen LogP contribution in [-0.2, 0) is 0 Å². The van der Waals surface area contributed by atoms with Crippen molar-refractivity contribution in [3.05, 3.63) is 97.3 Å². The van der Waals surface area contributed by atoms with Crippen LogP contribution in [0.5, 0.6) is 0 Å². The zero-order valence-electron chi connectivity index (χ0n) is 18.9. The Bertz CT molecular complexity index is 1760. The van der Waals surface area contributed by atoms with Gasteiger partial charge in [0.2, 0.25) is 0 Å². The molecule has 6 rings (SSSR count). The molecule has 4 heterocycles. The van der Waals surface area contributed by atoms with Crippen molar-refractivity contribution in [2.24, 2.45) is 4.99 Å². The molecule has 0 aliphatic rings. The van der Waals surface area contributed by atoms with E-state index in [1.165, 1.54) is 6.33 Å². The molecule has 0 aliphatic carbocycles. The van der Waals surface area contributed by atoms with Gasteiger partial charge < -0.3 is 20.3 Å². The number of fused-ring (bicyclic) bond motifs is 1. The van der Waals surface area contributed by atoms with Crippen LogP contribution >= 0.6 is 25.3 Å². The summed E-state index contributed by atoms with van der Waals surface area (Å²) in [7, 11) is 0. The lowest BCUT2D eigenvalue weighted by atomic mass is 10.1. The molecule has 0 atom stereocenters. The second-order valence-electron chi connectivity index (χ2n) is 8.24. The van der Waals surface area contributed by atoms with Crippen LogP contribution in [-0.4, -0.2) is 24.9 Å². The molecule has 0 fully saturated rings. The van der Waals surface area contributed by atoms with Gasteiger partial charge in [-0.2, -0.15) is 0 Å². The van der Waals surface area contributed by atoms with Crippen molar-refractivity contribution in [2.75, 3.05) is 5.32 Å². The van der Waals surface area contributed by atoms with Crippen LogP contribution in [0.4, 0.5) is 17.5 Å². The Hall–Kier alpha value is -4.21. The number of thiol groups is 2. The predicted molar refractivity (Wildman–Crippen MR) is 149 cm³/mol. The van der Waals surface area contributed by atoms with Crippen molar-refractivity contribution < 1.29 is 0 Å². The summed E-state index contributed by atoms with van der Waals surface area (Å²) in [6.07, 6.45) is 9.16. The molecule has 0 radical (unpaired) electrons. The molecule has 0 saturated carbocycles. The highest BCUT2D eigenvalue weighted by Gasteiger charge is 2.09. The summed E-state index contributed by atoms with van der Waals surface area (Å²) in [5, 5.41) is 5.09. The van der Waals surface area contributed by atoms with Crippen LogP contribution in [0.3, 0.4) is 0 Å². The lowest BCUT2D eigenvalue weighted by Gasteiger charge is -2.01. The third kappa shape index (κ3) is 4.53. The first kappa shape index (κ1) is 22.3. The fourth-order valence-electron chi connectivity index (χ4n) is 4.07. The van der Waals surface area contributed by atoms with Crippen molar-refractivity contribution >= 4 is 53.5 Å². The van der Waals surface area contributed by atoms with E-state index in [0.717, 1.165) is 48.6 Å². The average molecular weight is 508 g/mol. The first-order chi connectivity index (χ1) is 17.6. The number of anilines is 2. The first-order valence-corrected chi connectivity index (χ1v) is 12.1. The van der Waals surface area contributed by atoms with Crippen LogP contribution in [0.1, 0.15) is 0 Å². The maximum absolute atomic E-state index is 4.76. The Balaban J connectivity index is 1.34. The highest BCUT2D eigenvalue weighted by molar-refractivity contribution is 7.80. The van der Waals surface area contributed by atoms with Gasteiger partial charge in [-0.1, -0.05) is 24.3 Å². The van der Waals surface area contributed by atoms with E-state index >= 15 is 0 Å². The summed E-state index contributed by atoms with van der Waals surface area (Å²) in [6, 6.07) is 20.0. The SMILES string of the molecule is Sc1cccc(-c2c[nH]c(/N=c3\ncnc(Nc4cc(-c5cccc(S)c5)c[nH]4)c4c[nH]cc34)c2)c1. The van der Waals surface area contributed by atoms with Gasteiger partial charge in [-0.05, 0) is 47.5 Å². The Labute approximate surface area is 217 Å². The number of rotatable bonds is 5. The maximum atomic E-state index is 4.76. The fraction of sp³-hybridized carbons (Fsp3) is 0. The molecule has 6 aromatic rings. The molecule has 4 N–H and O–H groups in total. The lowest BCUT2D eigenvalue weighted by molar-refractivity contribution is 1.12. The van der Waals surface area contributed by atoms with Crippen LogP contribution in [0, 0.1) is 0 Å². The third-order valence-electron chi connectivity index (χ3n) is 5.80. The normalized spacial score (nSPS) is 11.8. The molecule has 0 aliphatic heterocycles. The zero-order chi connectivity index (χ0) is 24.5. The van der Waals surface area contributed by atoms with Gasteiger partial charge >= 0.3 is 0 Å². The number of nitrogens with one attached hydrogen (secondary N) is 4. The Morgan fingerprint density at radius 2 is 1.39 bits per heavy atom. The number of H-pyrrole nitrogens is 3. The van der Waals surface area contributed by atoms with Crippen molar-refractivity contribution in [2.45, 2.75) is 9.79 Å². The number of nitrogens with zero attached hydrogens (tertiary/aromatic N) is 3. The van der Waals surface area contributed by atoms with Gasteiger partial charge in [-0.25, -0.2) is 15.0 Å². The van der Waals surface area contributed by atoms with Gasteiger partial charge in [0.15, 0.2) is 5.49 Å². The summed E-state index contributed by atoms with van der Waals surface area (Å²) >= 11 is 8.88. The van der Waals surface area contributed by atoms with E-state index in [4.69, 9.17) is 4.99 Å². The summed E-state index contributed by atoms with van der Waals surface area (Å²) in [6.45, 7) is 0. The van der Waals surface area contributed by atoms with Gasteiger partial charge in [0, 0.05) is 56.5 Å². The highest BCUT2D eigenvalue weighted by atomic mass is 32.1. The molecule has 2 aromatic carbocycles. The van der Waals surface area contributed by atoms with E-state index in [9.17, 15) is 0 Å². The van der Waals surface area contributed by atoms with E-state index < -0.39 is 0 Å². The Kier molecular flexibility index (Phi) is 5.84. The molecule has 0 saturated heterocycles. The molecule has 0 amide bonds. The maximum Gasteiger partial charge on any atom is 0.165 e. The summed E-state index contributed by atoms with van der Waals surface area (Å²) in [4.78, 5) is 25.3. The molecule has 176 valence electrons. The highest BCUT2D eigenvalue weighted by Crippen LogP contribution is 2.28. The van der Waals surface area contributed by atoms with E-state index in [-0.39, 0.29) is 0 Å². The van der Waals surface area contributed by atoms with E-state index in [1.807, 2.05) is 79.4 Å². The molecule has 7 nitrogen and oxygen atoms in total. The van der Waals surface area contributed by atoms with Crippen LogP contribution < -0.4 is 10.8 Å². The largest absolute Gasteiger partial charge is 0.366 e. The second-order valence-corrected chi connectivity index (χ2v) is 9.27. The smallest absolute Gasteiger partial charge is 0.165 e. The molecule has 0 spiro atoms. The Morgan fingerprint density at radius 1 is 0.694 bits per heavy atom. The number of aromatic amines is 3. The minimum atomic E-state index is 0.556. The topological polar surface area (TPSA) is 97.5 Å². The van der Waals surface area contributed by atoms with Crippen LogP contribution in [0.2, 0.25) is 0 Å². The fourth-order valence-corrected chi connectivity index (χ4v) is 4.52. The number of benzene rings is 2. The van der Waals surface area contributed by atoms with Gasteiger partial charge in [0.05, 0.1) is 0 Å². The zero-order valence-corrected chi connectivity index (χ0v) is 20.7. The minimum absolute atomic E-state index is 0.556. The quantitative estimate of drug-likeness (QED) is 0.150. The number of hydrogen-bond acceptors (Lipinski definition) is 6. The molecule has 9 heteroatoms. The minimum Gasteiger partial charge on any atom is -0.366 e. The standard InChI is InChI=1S/C27H21N7S2/c35-20-5-1-3-16(7-20)18-9-24(29-11-18)33-26-22-13-28-14-23(22)27(32-15-31-26)34-25-10-19(12-30-25)17-4-2-6-21(36)8-17/h1-15,28-30,35-36H,(H,31,32,33,34). The molecule has 36 heavy (non-hydrogen) atoms. The molecule has 0 unspecified atom stereocenters. The van der Waals surface area contributed by atoms with Crippen molar-refractivity contribution in [3.63, 3.8) is 0 Å². The van der Waals surface area contributed by atoms with Gasteiger partial charge in [-0.3, -0.25) is 0 Å². The Morgan fingerprint density at radius 3 is 2.14 bits per heavy atom. The summed E-state index contributed by atoms with van der Waals surface area (Å²) in [5.74, 6) is 2.18. The summed E-state index contributed by atoms with van der Waals surface area (Å²) < 4.78 is 0.